The van der Waals surface area contributed by atoms with Gasteiger partial charge in [0.1, 0.15) is 5.75 Å². The highest BCUT2D eigenvalue weighted by Crippen LogP contribution is 2.16. The summed E-state index contributed by atoms with van der Waals surface area (Å²) >= 11 is 0. The number of nitrogens with zero attached hydrogens (tertiary/aromatic N) is 1. The Labute approximate surface area is 140 Å². The lowest BCUT2D eigenvalue weighted by molar-refractivity contribution is 0.0906. The number of hydrogen-bond acceptors (Lipinski definition) is 4. The summed E-state index contributed by atoms with van der Waals surface area (Å²) in [6, 6.07) is 11.4. The van der Waals surface area contributed by atoms with Crippen molar-refractivity contribution in [2.24, 2.45) is 0 Å². The molecular weight excluding hydrogens is 306 g/mol. The second-order valence-electron chi connectivity index (χ2n) is 6.11. The Bertz CT molecular complexity index is 750. The Hall–Kier alpha value is -2.60. The normalized spacial score (nSPS) is 16.0. The fourth-order valence-electron chi connectivity index (χ4n) is 2.98. The topological polar surface area (TPSA) is 85.4 Å². The van der Waals surface area contributed by atoms with Crippen LogP contribution in [0.4, 0.5) is 0 Å². The van der Waals surface area contributed by atoms with Gasteiger partial charge in [0, 0.05) is 37.9 Å². The molecule has 1 saturated heterocycles. The van der Waals surface area contributed by atoms with Gasteiger partial charge in [0.05, 0.1) is 5.56 Å². The number of likely N-dealkylation sites (tertiary alicyclic amines) is 1. The highest BCUT2D eigenvalue weighted by molar-refractivity contribution is 5.96. The van der Waals surface area contributed by atoms with E-state index < -0.39 is 5.56 Å². The minimum atomic E-state index is -0.432. The molecule has 1 aliphatic rings. The molecule has 2 aromatic rings. The standard InChI is InChI=1S/C18H21N3O3/c22-16-10-17(23)19-11-15(16)18(24)20-14-6-8-21(9-7-14)12-13-4-2-1-3-5-13/h1-5,10-11,14H,6-9,12H2,(H,20,24)(H2,19,22,23). The van der Waals surface area contributed by atoms with Gasteiger partial charge in [0.25, 0.3) is 11.5 Å². The van der Waals surface area contributed by atoms with E-state index in [1.54, 1.807) is 0 Å². The molecule has 1 aliphatic heterocycles. The van der Waals surface area contributed by atoms with Crippen molar-refractivity contribution in [1.82, 2.24) is 15.2 Å². The number of aromatic amines is 1. The van der Waals surface area contributed by atoms with Crippen LogP contribution < -0.4 is 10.9 Å². The van der Waals surface area contributed by atoms with Crippen molar-refractivity contribution in [3.63, 3.8) is 0 Å². The third kappa shape index (κ3) is 4.02. The van der Waals surface area contributed by atoms with Crippen molar-refractivity contribution >= 4 is 5.91 Å². The molecule has 0 unspecified atom stereocenters. The number of nitrogens with one attached hydrogen (secondary N) is 2. The van der Waals surface area contributed by atoms with Gasteiger partial charge in [-0.15, -0.1) is 0 Å². The zero-order valence-electron chi connectivity index (χ0n) is 13.4. The van der Waals surface area contributed by atoms with Crippen molar-refractivity contribution in [2.45, 2.75) is 25.4 Å². The van der Waals surface area contributed by atoms with E-state index in [4.69, 9.17) is 0 Å². The number of aromatic hydroxyl groups is 1. The second-order valence-corrected chi connectivity index (χ2v) is 6.11. The van der Waals surface area contributed by atoms with Gasteiger partial charge in [0.2, 0.25) is 0 Å². The summed E-state index contributed by atoms with van der Waals surface area (Å²) in [4.78, 5) is 28.1. The monoisotopic (exact) mass is 327 g/mol. The SMILES string of the molecule is O=C(NC1CCN(Cc2ccccc2)CC1)c1c[nH]c(=O)cc1O. The molecule has 0 bridgehead atoms. The Morgan fingerprint density at radius 3 is 2.62 bits per heavy atom. The third-order valence-electron chi connectivity index (χ3n) is 4.32. The van der Waals surface area contributed by atoms with Crippen molar-refractivity contribution in [1.29, 1.82) is 0 Å². The van der Waals surface area contributed by atoms with E-state index in [-0.39, 0.29) is 23.3 Å². The summed E-state index contributed by atoms with van der Waals surface area (Å²) < 4.78 is 0. The van der Waals surface area contributed by atoms with Crippen LogP contribution in [0.15, 0.2) is 47.4 Å². The van der Waals surface area contributed by atoms with Gasteiger partial charge in [0.15, 0.2) is 0 Å². The maximum absolute atomic E-state index is 12.2. The first-order valence-corrected chi connectivity index (χ1v) is 8.10. The van der Waals surface area contributed by atoms with Crippen molar-refractivity contribution in [2.75, 3.05) is 13.1 Å². The molecule has 0 saturated carbocycles. The van der Waals surface area contributed by atoms with Crippen molar-refractivity contribution < 1.29 is 9.90 Å². The highest BCUT2D eigenvalue weighted by Gasteiger charge is 2.22. The molecule has 3 N–H and O–H groups in total. The van der Waals surface area contributed by atoms with Crippen LogP contribution in [-0.2, 0) is 6.54 Å². The van der Waals surface area contributed by atoms with E-state index in [1.165, 1.54) is 11.8 Å². The maximum atomic E-state index is 12.2. The maximum Gasteiger partial charge on any atom is 0.256 e. The number of pyridine rings is 1. The number of hydrogen-bond donors (Lipinski definition) is 3. The fourth-order valence-corrected chi connectivity index (χ4v) is 2.98. The Balaban J connectivity index is 1.51. The molecule has 1 amide bonds. The van der Waals surface area contributed by atoms with Gasteiger partial charge < -0.3 is 15.4 Å². The van der Waals surface area contributed by atoms with Gasteiger partial charge in [-0.3, -0.25) is 14.5 Å². The first-order valence-electron chi connectivity index (χ1n) is 8.10. The summed E-state index contributed by atoms with van der Waals surface area (Å²) in [6.45, 7) is 2.75. The number of benzene rings is 1. The van der Waals surface area contributed by atoms with E-state index in [1.807, 2.05) is 18.2 Å². The first-order chi connectivity index (χ1) is 11.6. The van der Waals surface area contributed by atoms with E-state index in [9.17, 15) is 14.7 Å². The van der Waals surface area contributed by atoms with Crippen molar-refractivity contribution in [3.8, 4) is 5.75 Å². The lowest BCUT2D eigenvalue weighted by Crippen LogP contribution is -2.44. The third-order valence-corrected chi connectivity index (χ3v) is 4.32. The quantitative estimate of drug-likeness (QED) is 0.794. The van der Waals surface area contributed by atoms with Gasteiger partial charge in [-0.05, 0) is 18.4 Å². The predicted molar refractivity (Wildman–Crippen MR) is 90.9 cm³/mol. The summed E-state index contributed by atoms with van der Waals surface area (Å²) in [5.41, 5.74) is 0.956. The second kappa shape index (κ2) is 7.31. The highest BCUT2D eigenvalue weighted by atomic mass is 16.3. The van der Waals surface area contributed by atoms with Gasteiger partial charge >= 0.3 is 0 Å². The molecule has 1 aromatic carbocycles. The van der Waals surface area contributed by atoms with Crippen LogP contribution in [0.5, 0.6) is 5.75 Å². The minimum absolute atomic E-state index is 0.0795. The first kappa shape index (κ1) is 16.3. The number of aromatic nitrogens is 1. The molecule has 6 heteroatoms. The number of carbonyl (C=O) groups excluding carboxylic acids is 1. The Kier molecular flexibility index (Phi) is 4.96. The molecule has 126 valence electrons. The lowest BCUT2D eigenvalue weighted by atomic mass is 10.0. The number of carbonyl (C=O) groups is 1. The van der Waals surface area contributed by atoms with Crippen LogP contribution in [0, 0.1) is 0 Å². The Morgan fingerprint density at radius 1 is 1.25 bits per heavy atom. The molecular formula is C18H21N3O3. The summed E-state index contributed by atoms with van der Waals surface area (Å²) in [7, 11) is 0. The zero-order chi connectivity index (χ0) is 16.9. The molecule has 2 heterocycles. The lowest BCUT2D eigenvalue weighted by Gasteiger charge is -2.32. The number of piperidine rings is 1. The van der Waals surface area contributed by atoms with Gasteiger partial charge in [-0.2, -0.15) is 0 Å². The smallest absolute Gasteiger partial charge is 0.256 e. The molecule has 3 rings (SSSR count). The summed E-state index contributed by atoms with van der Waals surface area (Å²) in [6.07, 6.45) is 2.98. The van der Waals surface area contributed by atoms with E-state index in [2.05, 4.69) is 27.3 Å². The van der Waals surface area contributed by atoms with Crippen LogP contribution in [-0.4, -0.2) is 40.0 Å². The summed E-state index contributed by atoms with van der Waals surface area (Å²) in [5, 5.41) is 12.6. The van der Waals surface area contributed by atoms with Crippen LogP contribution in [0.25, 0.3) is 0 Å². The average Bonchev–Trinajstić information content (AvgIpc) is 2.57. The van der Waals surface area contributed by atoms with Gasteiger partial charge in [-0.1, -0.05) is 30.3 Å². The average molecular weight is 327 g/mol. The van der Waals surface area contributed by atoms with E-state index in [0.29, 0.717) is 0 Å². The van der Waals surface area contributed by atoms with E-state index >= 15 is 0 Å². The molecule has 1 fully saturated rings. The van der Waals surface area contributed by atoms with Crippen LogP contribution in [0.2, 0.25) is 0 Å². The molecule has 6 nitrogen and oxygen atoms in total. The van der Waals surface area contributed by atoms with Crippen molar-refractivity contribution in [3.05, 3.63) is 64.1 Å². The molecule has 0 atom stereocenters. The number of amides is 1. The van der Waals surface area contributed by atoms with Crippen LogP contribution >= 0.6 is 0 Å². The summed E-state index contributed by atoms with van der Waals surface area (Å²) in [5.74, 6) is -0.650. The van der Waals surface area contributed by atoms with E-state index in [0.717, 1.165) is 38.5 Å². The zero-order valence-corrected chi connectivity index (χ0v) is 13.4. The largest absolute Gasteiger partial charge is 0.507 e. The molecule has 0 spiro atoms. The van der Waals surface area contributed by atoms with Gasteiger partial charge in [-0.25, -0.2) is 0 Å². The molecule has 24 heavy (non-hydrogen) atoms. The fraction of sp³-hybridized carbons (Fsp3) is 0.333. The number of rotatable bonds is 4. The minimum Gasteiger partial charge on any atom is -0.507 e. The predicted octanol–water partition coefficient (Wildman–Crippen LogP) is 1.47. The van der Waals surface area contributed by atoms with Crippen LogP contribution in [0.1, 0.15) is 28.8 Å². The Morgan fingerprint density at radius 2 is 1.96 bits per heavy atom. The number of H-pyrrole nitrogens is 1. The molecule has 1 aromatic heterocycles. The molecule has 0 aliphatic carbocycles. The van der Waals surface area contributed by atoms with Crippen LogP contribution in [0.3, 0.4) is 0 Å². The molecule has 0 radical (unpaired) electrons.